The van der Waals surface area contributed by atoms with Crippen LogP contribution in [0, 0.1) is 17.5 Å². The Bertz CT molecular complexity index is 1020. The fourth-order valence-electron chi connectivity index (χ4n) is 2.78. The van der Waals surface area contributed by atoms with Crippen molar-refractivity contribution in [1.82, 2.24) is 9.55 Å². The maximum atomic E-state index is 13.4. The Labute approximate surface area is 152 Å². The highest BCUT2D eigenvalue weighted by molar-refractivity contribution is 5.38. The first kappa shape index (κ1) is 18.5. The molecule has 2 aromatic carbocycles. The van der Waals surface area contributed by atoms with Crippen molar-refractivity contribution in [3.05, 3.63) is 92.4 Å². The van der Waals surface area contributed by atoms with Crippen LogP contribution in [0.1, 0.15) is 12.5 Å². The Morgan fingerprint density at radius 2 is 1.59 bits per heavy atom. The van der Waals surface area contributed by atoms with Crippen LogP contribution in [0.15, 0.2) is 58.1 Å². The number of hydrogen-bond acceptors (Lipinski definition) is 3. The van der Waals surface area contributed by atoms with Gasteiger partial charge in [0.25, 0.3) is 5.56 Å². The van der Waals surface area contributed by atoms with E-state index in [4.69, 9.17) is 0 Å². The van der Waals surface area contributed by atoms with Crippen LogP contribution in [-0.2, 0) is 6.42 Å². The van der Waals surface area contributed by atoms with Crippen molar-refractivity contribution in [3.8, 4) is 5.69 Å². The molecule has 140 valence electrons. The van der Waals surface area contributed by atoms with Gasteiger partial charge in [0.15, 0.2) is 0 Å². The van der Waals surface area contributed by atoms with Gasteiger partial charge in [-0.2, -0.15) is 0 Å². The van der Waals surface area contributed by atoms with Crippen LogP contribution < -0.4 is 16.6 Å². The topological polar surface area (TPSA) is 66.9 Å². The molecule has 1 heterocycles. The second-order valence-corrected chi connectivity index (χ2v) is 6.17. The van der Waals surface area contributed by atoms with Gasteiger partial charge in [-0.15, -0.1) is 0 Å². The highest BCUT2D eigenvalue weighted by Crippen LogP contribution is 2.11. The van der Waals surface area contributed by atoms with E-state index in [-0.39, 0.29) is 23.4 Å². The third-order valence-corrected chi connectivity index (χ3v) is 3.90. The van der Waals surface area contributed by atoms with E-state index in [9.17, 15) is 22.8 Å². The van der Waals surface area contributed by atoms with Crippen molar-refractivity contribution in [1.29, 1.82) is 0 Å². The van der Waals surface area contributed by atoms with E-state index in [1.807, 2.05) is 6.92 Å². The van der Waals surface area contributed by atoms with E-state index >= 15 is 0 Å². The van der Waals surface area contributed by atoms with Crippen LogP contribution in [0.25, 0.3) is 5.69 Å². The third kappa shape index (κ3) is 4.46. The van der Waals surface area contributed by atoms with E-state index in [1.165, 1.54) is 12.1 Å². The monoisotopic (exact) mass is 375 g/mol. The molecule has 2 N–H and O–H groups in total. The maximum absolute atomic E-state index is 13.4. The SMILES string of the molecule is CC(Cc1ccc(F)cc1)Nc1cc(=O)n(-c2cc(F)cc(F)c2)c(=O)[nH]1. The van der Waals surface area contributed by atoms with Crippen LogP contribution in [0.2, 0.25) is 0 Å². The molecule has 0 aliphatic heterocycles. The lowest BCUT2D eigenvalue weighted by atomic mass is 10.1. The Balaban J connectivity index is 1.83. The van der Waals surface area contributed by atoms with Gasteiger partial charge in [-0.05, 0) is 43.2 Å². The molecule has 1 atom stereocenters. The van der Waals surface area contributed by atoms with E-state index in [0.29, 0.717) is 17.1 Å². The van der Waals surface area contributed by atoms with Crippen molar-refractivity contribution in [3.63, 3.8) is 0 Å². The molecule has 0 saturated carbocycles. The molecule has 0 aliphatic rings. The highest BCUT2D eigenvalue weighted by Gasteiger charge is 2.11. The van der Waals surface area contributed by atoms with Crippen molar-refractivity contribution >= 4 is 5.82 Å². The minimum atomic E-state index is -0.897. The molecule has 0 radical (unpaired) electrons. The average Bonchev–Trinajstić information content (AvgIpc) is 2.55. The van der Waals surface area contributed by atoms with Crippen molar-refractivity contribution < 1.29 is 13.2 Å². The molecule has 0 spiro atoms. The Kier molecular flexibility index (Phi) is 5.16. The summed E-state index contributed by atoms with van der Waals surface area (Å²) < 4.78 is 40.3. The lowest BCUT2D eigenvalue weighted by Gasteiger charge is -2.15. The van der Waals surface area contributed by atoms with E-state index in [1.54, 1.807) is 12.1 Å². The molecule has 0 aliphatic carbocycles. The summed E-state index contributed by atoms with van der Waals surface area (Å²) in [6.45, 7) is 1.83. The molecule has 0 amide bonds. The molecule has 3 rings (SSSR count). The molecule has 1 unspecified atom stereocenters. The van der Waals surface area contributed by atoms with Crippen molar-refractivity contribution in [2.45, 2.75) is 19.4 Å². The smallest absolute Gasteiger partial charge is 0.334 e. The number of nitrogens with one attached hydrogen (secondary N) is 2. The molecule has 0 bridgehead atoms. The van der Waals surface area contributed by atoms with Gasteiger partial charge in [0.1, 0.15) is 23.3 Å². The van der Waals surface area contributed by atoms with Gasteiger partial charge in [0.05, 0.1) is 5.69 Å². The molecule has 0 saturated heterocycles. The quantitative estimate of drug-likeness (QED) is 0.721. The maximum Gasteiger partial charge on any atom is 0.334 e. The Hall–Kier alpha value is -3.29. The fraction of sp³-hybridized carbons (Fsp3) is 0.158. The summed E-state index contributed by atoms with van der Waals surface area (Å²) >= 11 is 0. The number of hydrogen-bond donors (Lipinski definition) is 2. The molecular weight excluding hydrogens is 359 g/mol. The zero-order valence-corrected chi connectivity index (χ0v) is 14.3. The summed E-state index contributed by atoms with van der Waals surface area (Å²) in [5.74, 6) is -1.95. The molecule has 5 nitrogen and oxygen atoms in total. The summed E-state index contributed by atoms with van der Waals surface area (Å²) in [5.41, 5.74) is -0.892. The minimum absolute atomic E-state index is 0.173. The predicted octanol–water partition coefficient (Wildman–Crippen LogP) is 2.99. The summed E-state index contributed by atoms with van der Waals surface area (Å²) in [6, 6.07) is 9.38. The summed E-state index contributed by atoms with van der Waals surface area (Å²) in [7, 11) is 0. The van der Waals surface area contributed by atoms with Gasteiger partial charge < -0.3 is 5.32 Å². The van der Waals surface area contributed by atoms with E-state index in [0.717, 1.165) is 23.8 Å². The summed E-state index contributed by atoms with van der Waals surface area (Å²) in [4.78, 5) is 27.0. The first-order valence-electron chi connectivity index (χ1n) is 8.15. The van der Waals surface area contributed by atoms with Crippen LogP contribution in [0.3, 0.4) is 0 Å². The fourth-order valence-corrected chi connectivity index (χ4v) is 2.78. The zero-order chi connectivity index (χ0) is 19.6. The van der Waals surface area contributed by atoms with Crippen molar-refractivity contribution in [2.24, 2.45) is 0 Å². The number of benzene rings is 2. The van der Waals surface area contributed by atoms with Gasteiger partial charge in [-0.1, -0.05) is 12.1 Å². The normalized spacial score (nSPS) is 12.0. The average molecular weight is 375 g/mol. The largest absolute Gasteiger partial charge is 0.369 e. The van der Waals surface area contributed by atoms with E-state index in [2.05, 4.69) is 10.3 Å². The molecule has 3 aromatic rings. The number of anilines is 1. The number of aromatic amines is 1. The number of rotatable bonds is 5. The summed E-state index contributed by atoms with van der Waals surface area (Å²) in [6.07, 6.45) is 0.528. The van der Waals surface area contributed by atoms with Gasteiger partial charge in [-0.3, -0.25) is 9.78 Å². The van der Waals surface area contributed by atoms with Gasteiger partial charge in [0.2, 0.25) is 0 Å². The summed E-state index contributed by atoms with van der Waals surface area (Å²) in [5, 5.41) is 2.98. The number of H-pyrrole nitrogens is 1. The van der Waals surface area contributed by atoms with Gasteiger partial charge in [0, 0.05) is 18.2 Å². The van der Waals surface area contributed by atoms with Gasteiger partial charge in [-0.25, -0.2) is 22.5 Å². The highest BCUT2D eigenvalue weighted by atomic mass is 19.1. The standard InChI is InChI=1S/C19H16F3N3O2/c1-11(6-12-2-4-13(20)5-3-12)23-17-10-18(26)25(19(27)24-17)16-8-14(21)7-15(22)9-16/h2-5,7-11,23H,6H2,1H3,(H,24,27). The Morgan fingerprint density at radius 1 is 0.963 bits per heavy atom. The molecule has 27 heavy (non-hydrogen) atoms. The second kappa shape index (κ2) is 7.53. The third-order valence-electron chi connectivity index (χ3n) is 3.90. The first-order valence-corrected chi connectivity index (χ1v) is 8.15. The van der Waals surface area contributed by atoms with Crippen LogP contribution in [0.4, 0.5) is 19.0 Å². The van der Waals surface area contributed by atoms with Gasteiger partial charge >= 0.3 is 5.69 Å². The number of aromatic nitrogens is 2. The Morgan fingerprint density at radius 3 is 2.19 bits per heavy atom. The van der Waals surface area contributed by atoms with Crippen molar-refractivity contribution in [2.75, 3.05) is 5.32 Å². The van der Waals surface area contributed by atoms with E-state index < -0.39 is 22.9 Å². The lowest BCUT2D eigenvalue weighted by Crippen LogP contribution is -2.35. The van der Waals surface area contributed by atoms with Crippen LogP contribution >= 0.6 is 0 Å². The first-order chi connectivity index (χ1) is 12.8. The predicted molar refractivity (Wildman–Crippen MR) is 95.8 cm³/mol. The van der Waals surface area contributed by atoms with Crippen LogP contribution in [-0.4, -0.2) is 15.6 Å². The molecule has 8 heteroatoms. The lowest BCUT2D eigenvalue weighted by molar-refractivity contribution is 0.580. The number of halogens is 3. The molecule has 1 aromatic heterocycles. The molecule has 0 fully saturated rings. The minimum Gasteiger partial charge on any atom is -0.369 e. The zero-order valence-electron chi connectivity index (χ0n) is 14.3. The van der Waals surface area contributed by atoms with Crippen LogP contribution in [0.5, 0.6) is 0 Å². The number of nitrogens with zero attached hydrogens (tertiary/aromatic N) is 1. The molecular formula is C19H16F3N3O2. The second-order valence-electron chi connectivity index (χ2n) is 6.17.